The van der Waals surface area contributed by atoms with Crippen molar-refractivity contribution in [1.29, 1.82) is 5.26 Å². The van der Waals surface area contributed by atoms with Crippen molar-refractivity contribution in [3.63, 3.8) is 0 Å². The summed E-state index contributed by atoms with van der Waals surface area (Å²) in [7, 11) is 1.84. The van der Waals surface area contributed by atoms with Crippen molar-refractivity contribution in [2.24, 2.45) is 11.8 Å². The number of carbonyl (C=O) groups excluding carboxylic acids is 1. The van der Waals surface area contributed by atoms with E-state index in [1.54, 1.807) is 17.0 Å². The van der Waals surface area contributed by atoms with Crippen molar-refractivity contribution in [3.05, 3.63) is 35.4 Å². The van der Waals surface area contributed by atoms with Gasteiger partial charge in [0.05, 0.1) is 17.6 Å². The third-order valence-electron chi connectivity index (χ3n) is 3.71. The fraction of sp³-hybridized carbons (Fsp3) is 0.467. The highest BCUT2D eigenvalue weighted by atomic mass is 16.2. The van der Waals surface area contributed by atoms with E-state index in [2.05, 4.69) is 18.3 Å². The zero-order valence-electron chi connectivity index (χ0n) is 11.4. The number of benzene rings is 1. The Hall–Kier alpha value is -1.86. The van der Waals surface area contributed by atoms with Crippen LogP contribution < -0.4 is 5.32 Å². The summed E-state index contributed by atoms with van der Waals surface area (Å²) in [5, 5.41) is 12.0. The Bertz CT molecular complexity index is 489. The highest BCUT2D eigenvalue weighted by molar-refractivity contribution is 5.79. The molecule has 1 aliphatic rings. The lowest BCUT2D eigenvalue weighted by Crippen LogP contribution is -2.35. The number of nitrogens with zero attached hydrogens (tertiary/aromatic N) is 2. The summed E-state index contributed by atoms with van der Waals surface area (Å²) in [4.78, 5) is 14.1. The molecule has 2 rings (SSSR count). The molecule has 1 heterocycles. The first kappa shape index (κ1) is 13.6. The van der Waals surface area contributed by atoms with Gasteiger partial charge in [0.25, 0.3) is 0 Å². The molecule has 0 spiro atoms. The van der Waals surface area contributed by atoms with Gasteiger partial charge in [0, 0.05) is 20.1 Å². The van der Waals surface area contributed by atoms with Crippen molar-refractivity contribution in [1.82, 2.24) is 10.2 Å². The molecule has 1 aromatic rings. The Labute approximate surface area is 114 Å². The second kappa shape index (κ2) is 5.85. The van der Waals surface area contributed by atoms with Crippen molar-refractivity contribution >= 4 is 5.91 Å². The molecule has 1 amide bonds. The predicted molar refractivity (Wildman–Crippen MR) is 73.2 cm³/mol. The minimum atomic E-state index is 0.0865. The maximum atomic E-state index is 12.3. The smallest absolute Gasteiger partial charge is 0.227 e. The zero-order chi connectivity index (χ0) is 13.8. The molecule has 19 heavy (non-hydrogen) atoms. The van der Waals surface area contributed by atoms with Crippen molar-refractivity contribution in [3.8, 4) is 6.07 Å². The first-order valence-corrected chi connectivity index (χ1v) is 6.56. The van der Waals surface area contributed by atoms with Gasteiger partial charge in [-0.3, -0.25) is 4.79 Å². The van der Waals surface area contributed by atoms with Crippen LogP contribution in [-0.4, -0.2) is 30.9 Å². The molecule has 100 valence electrons. The lowest BCUT2D eigenvalue weighted by Gasteiger charge is -2.23. The SMILES string of the molecule is CC1CNCC1C(=O)N(C)Cc1ccc(C#N)cc1. The van der Waals surface area contributed by atoms with Crippen molar-refractivity contribution < 1.29 is 4.79 Å². The van der Waals surface area contributed by atoms with Crippen LogP contribution in [0.25, 0.3) is 0 Å². The normalized spacial score (nSPS) is 21.9. The van der Waals surface area contributed by atoms with Crippen LogP contribution >= 0.6 is 0 Å². The third-order valence-corrected chi connectivity index (χ3v) is 3.71. The molecule has 0 saturated carbocycles. The molecule has 1 aromatic carbocycles. The van der Waals surface area contributed by atoms with Gasteiger partial charge in [-0.15, -0.1) is 0 Å². The standard InChI is InChI=1S/C15H19N3O/c1-11-8-17-9-14(11)15(19)18(2)10-13-5-3-12(7-16)4-6-13/h3-6,11,14,17H,8-10H2,1-2H3. The van der Waals surface area contributed by atoms with Crippen LogP contribution in [0.5, 0.6) is 0 Å². The van der Waals surface area contributed by atoms with E-state index in [1.807, 2.05) is 19.2 Å². The number of carbonyl (C=O) groups is 1. The van der Waals surface area contributed by atoms with E-state index < -0.39 is 0 Å². The Kier molecular flexibility index (Phi) is 4.18. The molecule has 4 nitrogen and oxygen atoms in total. The van der Waals surface area contributed by atoms with Crippen LogP contribution in [0.3, 0.4) is 0 Å². The average Bonchev–Trinajstić information content (AvgIpc) is 2.85. The summed E-state index contributed by atoms with van der Waals surface area (Å²) >= 11 is 0. The number of nitriles is 1. The topological polar surface area (TPSA) is 56.1 Å². The highest BCUT2D eigenvalue weighted by Gasteiger charge is 2.31. The summed E-state index contributed by atoms with van der Waals surface area (Å²) in [6.07, 6.45) is 0. The summed E-state index contributed by atoms with van der Waals surface area (Å²) in [6, 6.07) is 9.47. The lowest BCUT2D eigenvalue weighted by molar-refractivity contribution is -0.135. The highest BCUT2D eigenvalue weighted by Crippen LogP contribution is 2.19. The van der Waals surface area contributed by atoms with Gasteiger partial charge >= 0.3 is 0 Å². The fourth-order valence-electron chi connectivity index (χ4n) is 2.46. The Morgan fingerprint density at radius 3 is 2.63 bits per heavy atom. The van der Waals surface area contributed by atoms with E-state index in [-0.39, 0.29) is 11.8 Å². The maximum absolute atomic E-state index is 12.3. The fourth-order valence-corrected chi connectivity index (χ4v) is 2.46. The van der Waals surface area contributed by atoms with Crippen LogP contribution in [0.1, 0.15) is 18.1 Å². The molecule has 2 atom stereocenters. The van der Waals surface area contributed by atoms with Gasteiger partial charge in [-0.1, -0.05) is 19.1 Å². The minimum Gasteiger partial charge on any atom is -0.341 e. The molecule has 1 aliphatic heterocycles. The minimum absolute atomic E-state index is 0.0865. The second-order valence-electron chi connectivity index (χ2n) is 5.25. The largest absolute Gasteiger partial charge is 0.341 e. The van der Waals surface area contributed by atoms with E-state index in [9.17, 15) is 4.79 Å². The average molecular weight is 257 g/mol. The molecular weight excluding hydrogens is 238 g/mol. The van der Waals surface area contributed by atoms with Crippen LogP contribution in [0.15, 0.2) is 24.3 Å². The van der Waals surface area contributed by atoms with E-state index in [0.717, 1.165) is 18.7 Å². The quantitative estimate of drug-likeness (QED) is 0.890. The van der Waals surface area contributed by atoms with E-state index in [1.165, 1.54) is 0 Å². The van der Waals surface area contributed by atoms with Gasteiger partial charge in [-0.05, 0) is 30.2 Å². The van der Waals surface area contributed by atoms with Gasteiger partial charge in [0.15, 0.2) is 0 Å². The number of hydrogen-bond acceptors (Lipinski definition) is 3. The van der Waals surface area contributed by atoms with Gasteiger partial charge in [0.1, 0.15) is 0 Å². The lowest BCUT2D eigenvalue weighted by atomic mass is 9.96. The molecule has 1 fully saturated rings. The van der Waals surface area contributed by atoms with Crippen LogP contribution in [0.4, 0.5) is 0 Å². The zero-order valence-corrected chi connectivity index (χ0v) is 11.4. The third kappa shape index (κ3) is 3.12. The van der Waals surface area contributed by atoms with Gasteiger partial charge in [-0.25, -0.2) is 0 Å². The molecule has 0 radical (unpaired) electrons. The molecule has 0 bridgehead atoms. The van der Waals surface area contributed by atoms with Crippen molar-refractivity contribution in [2.75, 3.05) is 20.1 Å². The van der Waals surface area contributed by atoms with Crippen LogP contribution in [-0.2, 0) is 11.3 Å². The van der Waals surface area contributed by atoms with Crippen molar-refractivity contribution in [2.45, 2.75) is 13.5 Å². The molecule has 0 aliphatic carbocycles. The van der Waals surface area contributed by atoms with E-state index in [0.29, 0.717) is 18.0 Å². The maximum Gasteiger partial charge on any atom is 0.227 e. The van der Waals surface area contributed by atoms with Gasteiger partial charge < -0.3 is 10.2 Å². The molecule has 4 heteroatoms. The second-order valence-corrected chi connectivity index (χ2v) is 5.25. The Morgan fingerprint density at radius 1 is 1.42 bits per heavy atom. The number of amides is 1. The molecule has 1 saturated heterocycles. The van der Waals surface area contributed by atoms with Crippen LogP contribution in [0, 0.1) is 23.2 Å². The Balaban J connectivity index is 1.98. The summed E-state index contributed by atoms with van der Waals surface area (Å²) < 4.78 is 0. The first-order valence-electron chi connectivity index (χ1n) is 6.56. The number of hydrogen-bond donors (Lipinski definition) is 1. The predicted octanol–water partition coefficient (Wildman–Crippen LogP) is 1.37. The molecule has 1 N–H and O–H groups in total. The molecule has 0 aromatic heterocycles. The van der Waals surface area contributed by atoms with E-state index >= 15 is 0 Å². The summed E-state index contributed by atoms with van der Waals surface area (Å²) in [5.74, 6) is 0.682. The van der Waals surface area contributed by atoms with Crippen LogP contribution in [0.2, 0.25) is 0 Å². The first-order chi connectivity index (χ1) is 9.11. The summed E-state index contributed by atoms with van der Waals surface area (Å²) in [6.45, 7) is 4.39. The Morgan fingerprint density at radius 2 is 2.11 bits per heavy atom. The molecular formula is C15H19N3O. The molecule has 2 unspecified atom stereocenters. The summed E-state index contributed by atoms with van der Waals surface area (Å²) in [5.41, 5.74) is 1.69. The number of nitrogens with one attached hydrogen (secondary N) is 1. The monoisotopic (exact) mass is 257 g/mol. The van der Waals surface area contributed by atoms with Gasteiger partial charge in [-0.2, -0.15) is 5.26 Å². The number of rotatable bonds is 3. The van der Waals surface area contributed by atoms with Gasteiger partial charge in [0.2, 0.25) is 5.91 Å². The van der Waals surface area contributed by atoms with E-state index in [4.69, 9.17) is 5.26 Å².